The minimum atomic E-state index is 0.0230. The van der Waals surface area contributed by atoms with Crippen LogP contribution in [0.15, 0.2) is 29.2 Å². The third kappa shape index (κ3) is 2.62. The average molecular weight is 290 g/mol. The number of carbonyl (C=O) groups excluding carboxylic acids is 1. The van der Waals surface area contributed by atoms with Crippen molar-refractivity contribution in [3.05, 3.63) is 40.6 Å². The van der Waals surface area contributed by atoms with E-state index in [0.717, 1.165) is 31.0 Å². The molecule has 5 nitrogen and oxygen atoms in total. The molecule has 0 radical (unpaired) electrons. The molecule has 106 valence electrons. The van der Waals surface area contributed by atoms with Gasteiger partial charge in [-0.2, -0.15) is 11.3 Å². The van der Waals surface area contributed by atoms with Gasteiger partial charge in [-0.05, 0) is 22.4 Å². The first-order chi connectivity index (χ1) is 9.75. The van der Waals surface area contributed by atoms with Crippen molar-refractivity contribution in [3.8, 4) is 0 Å². The topological polar surface area (TPSA) is 50.2 Å². The lowest BCUT2D eigenvalue weighted by Gasteiger charge is -2.35. The zero-order valence-electron chi connectivity index (χ0n) is 11.5. The molecule has 0 bridgehead atoms. The molecule has 1 N–H and O–H groups in total. The zero-order chi connectivity index (χ0) is 13.9. The predicted molar refractivity (Wildman–Crippen MR) is 78.6 cm³/mol. The number of nitrogens with zero attached hydrogens (tertiary/aromatic N) is 3. The Morgan fingerprint density at radius 2 is 2.50 bits per heavy atom. The van der Waals surface area contributed by atoms with E-state index < -0.39 is 0 Å². The fourth-order valence-electron chi connectivity index (χ4n) is 2.60. The monoisotopic (exact) mass is 290 g/mol. The average Bonchev–Trinajstić information content (AvgIpc) is 3.10. The summed E-state index contributed by atoms with van der Waals surface area (Å²) in [7, 11) is 1.97. The van der Waals surface area contributed by atoms with Gasteiger partial charge in [-0.15, -0.1) is 0 Å². The number of thiophene rings is 1. The maximum Gasteiger partial charge on any atom is 0.227 e. The Morgan fingerprint density at radius 1 is 1.60 bits per heavy atom. The maximum absolute atomic E-state index is 12.5. The van der Waals surface area contributed by atoms with E-state index in [0.29, 0.717) is 6.42 Å². The van der Waals surface area contributed by atoms with Gasteiger partial charge in [0.2, 0.25) is 5.91 Å². The van der Waals surface area contributed by atoms with E-state index in [-0.39, 0.29) is 11.9 Å². The van der Waals surface area contributed by atoms with Crippen LogP contribution in [0.5, 0.6) is 0 Å². The number of aryl methyl sites for hydroxylation is 1. The Hall–Kier alpha value is -1.66. The van der Waals surface area contributed by atoms with Crippen molar-refractivity contribution in [2.45, 2.75) is 12.5 Å². The summed E-state index contributed by atoms with van der Waals surface area (Å²) in [6, 6.07) is 2.04. The van der Waals surface area contributed by atoms with Gasteiger partial charge >= 0.3 is 0 Å². The molecule has 1 atom stereocenters. The number of rotatable bonds is 3. The first-order valence-corrected chi connectivity index (χ1v) is 7.68. The number of imidazole rings is 1. The van der Waals surface area contributed by atoms with Crippen LogP contribution in [-0.4, -0.2) is 40.0 Å². The van der Waals surface area contributed by atoms with Crippen molar-refractivity contribution < 1.29 is 4.79 Å². The molecule has 1 saturated heterocycles. The Bertz CT molecular complexity index is 578. The highest BCUT2D eigenvalue weighted by atomic mass is 32.1. The molecule has 2 aromatic heterocycles. The standard InChI is InChI=1S/C14H18N4OS/c1-17-5-4-16-14(17)12-9-15-3-6-18(12)13(19)8-11-2-7-20-10-11/h2,4-5,7,10,12,15H,3,6,8-9H2,1H3. The summed E-state index contributed by atoms with van der Waals surface area (Å²) in [6.07, 6.45) is 4.18. The molecule has 0 spiro atoms. The highest BCUT2D eigenvalue weighted by molar-refractivity contribution is 7.07. The van der Waals surface area contributed by atoms with Gasteiger partial charge in [0.25, 0.3) is 0 Å². The van der Waals surface area contributed by atoms with E-state index in [9.17, 15) is 4.79 Å². The van der Waals surface area contributed by atoms with Crippen LogP contribution in [0.25, 0.3) is 0 Å². The Kier molecular flexibility index (Phi) is 3.84. The third-order valence-electron chi connectivity index (χ3n) is 3.66. The van der Waals surface area contributed by atoms with E-state index in [4.69, 9.17) is 0 Å². The Morgan fingerprint density at radius 3 is 3.20 bits per heavy atom. The summed E-state index contributed by atoms with van der Waals surface area (Å²) in [5.74, 6) is 1.12. The molecule has 0 aromatic carbocycles. The van der Waals surface area contributed by atoms with Crippen molar-refractivity contribution >= 4 is 17.2 Å². The lowest BCUT2D eigenvalue weighted by atomic mass is 10.1. The largest absolute Gasteiger partial charge is 0.336 e. The van der Waals surface area contributed by atoms with Gasteiger partial charge in [0.05, 0.1) is 6.42 Å². The second-order valence-corrected chi connectivity index (χ2v) is 5.79. The molecule has 3 heterocycles. The van der Waals surface area contributed by atoms with Gasteiger partial charge < -0.3 is 14.8 Å². The number of hydrogen-bond acceptors (Lipinski definition) is 4. The van der Waals surface area contributed by atoms with E-state index in [1.54, 1.807) is 17.5 Å². The number of aromatic nitrogens is 2. The van der Waals surface area contributed by atoms with Gasteiger partial charge in [-0.25, -0.2) is 4.98 Å². The quantitative estimate of drug-likeness (QED) is 0.924. The summed E-state index contributed by atoms with van der Waals surface area (Å²) in [4.78, 5) is 18.9. The molecule has 0 aliphatic carbocycles. The minimum Gasteiger partial charge on any atom is -0.336 e. The van der Waals surface area contributed by atoms with Crippen LogP contribution in [0.1, 0.15) is 17.4 Å². The number of piperazine rings is 1. The molecule has 3 rings (SSSR count). The van der Waals surface area contributed by atoms with Gasteiger partial charge in [0, 0.05) is 39.1 Å². The van der Waals surface area contributed by atoms with Crippen molar-refractivity contribution in [1.82, 2.24) is 19.8 Å². The minimum absolute atomic E-state index is 0.0230. The van der Waals surface area contributed by atoms with Gasteiger partial charge in [0.1, 0.15) is 11.9 Å². The molecule has 2 aromatic rings. The molecule has 1 aliphatic rings. The van der Waals surface area contributed by atoms with E-state index >= 15 is 0 Å². The van der Waals surface area contributed by atoms with Crippen LogP contribution in [0.4, 0.5) is 0 Å². The lowest BCUT2D eigenvalue weighted by Crippen LogP contribution is -2.49. The number of amides is 1. The molecule has 1 fully saturated rings. The summed E-state index contributed by atoms with van der Waals surface area (Å²) in [5, 5.41) is 7.40. The maximum atomic E-state index is 12.5. The molecule has 1 amide bonds. The fraction of sp³-hybridized carbons (Fsp3) is 0.429. The number of carbonyl (C=O) groups is 1. The van der Waals surface area contributed by atoms with Gasteiger partial charge in [-0.1, -0.05) is 0 Å². The van der Waals surface area contributed by atoms with Crippen LogP contribution in [0.3, 0.4) is 0 Å². The lowest BCUT2D eigenvalue weighted by molar-refractivity contribution is -0.134. The van der Waals surface area contributed by atoms with E-state index in [1.807, 2.05) is 39.5 Å². The molecule has 6 heteroatoms. The highest BCUT2D eigenvalue weighted by Crippen LogP contribution is 2.21. The predicted octanol–water partition coefficient (Wildman–Crippen LogP) is 1.20. The van der Waals surface area contributed by atoms with Crippen LogP contribution in [-0.2, 0) is 18.3 Å². The summed E-state index contributed by atoms with van der Waals surface area (Å²) in [6.45, 7) is 2.34. The van der Waals surface area contributed by atoms with Crippen LogP contribution < -0.4 is 5.32 Å². The number of hydrogen-bond donors (Lipinski definition) is 1. The van der Waals surface area contributed by atoms with Crippen LogP contribution in [0, 0.1) is 0 Å². The van der Waals surface area contributed by atoms with Gasteiger partial charge in [-0.3, -0.25) is 4.79 Å². The first kappa shape index (κ1) is 13.3. The Labute approximate surface area is 122 Å². The van der Waals surface area contributed by atoms with Crippen molar-refractivity contribution in [1.29, 1.82) is 0 Å². The Balaban J connectivity index is 1.78. The first-order valence-electron chi connectivity index (χ1n) is 6.74. The third-order valence-corrected chi connectivity index (χ3v) is 4.39. The molecular formula is C14H18N4OS. The van der Waals surface area contributed by atoms with Crippen LogP contribution >= 0.6 is 11.3 Å². The SMILES string of the molecule is Cn1ccnc1C1CNCCN1C(=O)Cc1ccsc1. The normalized spacial score (nSPS) is 19.2. The summed E-state index contributed by atoms with van der Waals surface area (Å²) >= 11 is 1.63. The highest BCUT2D eigenvalue weighted by Gasteiger charge is 2.30. The molecule has 0 saturated carbocycles. The molecular weight excluding hydrogens is 272 g/mol. The molecule has 1 unspecified atom stereocenters. The van der Waals surface area contributed by atoms with E-state index in [1.165, 1.54) is 0 Å². The number of nitrogens with one attached hydrogen (secondary N) is 1. The van der Waals surface area contributed by atoms with Crippen molar-refractivity contribution in [3.63, 3.8) is 0 Å². The van der Waals surface area contributed by atoms with Crippen LogP contribution in [0.2, 0.25) is 0 Å². The summed E-state index contributed by atoms with van der Waals surface area (Å²) in [5.41, 5.74) is 1.09. The van der Waals surface area contributed by atoms with Crippen molar-refractivity contribution in [2.75, 3.05) is 19.6 Å². The van der Waals surface area contributed by atoms with E-state index in [2.05, 4.69) is 10.3 Å². The molecule has 20 heavy (non-hydrogen) atoms. The summed E-state index contributed by atoms with van der Waals surface area (Å²) < 4.78 is 1.99. The smallest absolute Gasteiger partial charge is 0.227 e. The van der Waals surface area contributed by atoms with Crippen molar-refractivity contribution in [2.24, 2.45) is 7.05 Å². The van der Waals surface area contributed by atoms with Gasteiger partial charge in [0.15, 0.2) is 0 Å². The second kappa shape index (κ2) is 5.76. The zero-order valence-corrected chi connectivity index (χ0v) is 12.3. The fourth-order valence-corrected chi connectivity index (χ4v) is 3.27. The molecule has 1 aliphatic heterocycles. The second-order valence-electron chi connectivity index (χ2n) is 5.01.